The molecule has 3 rings (SSSR count). The Balaban J connectivity index is 1.36. The maximum absolute atomic E-state index is 5.67. The average Bonchev–Trinajstić information content (AvgIpc) is 3.12. The minimum absolute atomic E-state index is 0.593. The predicted octanol–water partition coefficient (Wildman–Crippen LogP) is 0.690. The number of aromatic nitrogens is 1. The van der Waals surface area contributed by atoms with Gasteiger partial charge in [-0.1, -0.05) is 0 Å². The van der Waals surface area contributed by atoms with Crippen LogP contribution in [0.5, 0.6) is 5.75 Å². The molecule has 0 bridgehead atoms. The Labute approximate surface area is 150 Å². The van der Waals surface area contributed by atoms with Gasteiger partial charge in [0.25, 0.3) is 0 Å². The van der Waals surface area contributed by atoms with Crippen molar-refractivity contribution in [3.05, 3.63) is 24.5 Å². The molecule has 1 aromatic heterocycles. The van der Waals surface area contributed by atoms with Crippen LogP contribution < -0.4 is 10.1 Å². The second-order valence-corrected chi connectivity index (χ2v) is 6.52. The van der Waals surface area contributed by atoms with Gasteiger partial charge < -0.3 is 19.7 Å². The van der Waals surface area contributed by atoms with Crippen molar-refractivity contribution in [1.29, 1.82) is 0 Å². The third-order valence-corrected chi connectivity index (χ3v) is 4.71. The monoisotopic (exact) mass is 347 g/mol. The number of ether oxygens (including phenoxy) is 2. The summed E-state index contributed by atoms with van der Waals surface area (Å²) in [4.78, 5) is 13.4. The first kappa shape index (κ1) is 17.9. The molecule has 2 aliphatic rings. The van der Waals surface area contributed by atoms with E-state index in [4.69, 9.17) is 9.47 Å². The number of nitrogens with one attached hydrogen (secondary N) is 1. The van der Waals surface area contributed by atoms with Gasteiger partial charge in [0, 0.05) is 46.0 Å². The van der Waals surface area contributed by atoms with Crippen LogP contribution in [0.3, 0.4) is 0 Å². The van der Waals surface area contributed by atoms with E-state index in [9.17, 15) is 0 Å². The van der Waals surface area contributed by atoms with Crippen molar-refractivity contribution >= 4 is 5.96 Å². The van der Waals surface area contributed by atoms with Gasteiger partial charge in [-0.3, -0.25) is 14.9 Å². The minimum Gasteiger partial charge on any atom is -0.490 e. The zero-order chi connectivity index (χ0) is 17.3. The third kappa shape index (κ3) is 5.57. The van der Waals surface area contributed by atoms with Crippen molar-refractivity contribution in [2.45, 2.75) is 6.42 Å². The summed E-state index contributed by atoms with van der Waals surface area (Å²) in [6.07, 6.45) is 4.70. The molecule has 0 spiro atoms. The Bertz CT molecular complexity index is 534. The summed E-state index contributed by atoms with van der Waals surface area (Å²) in [6, 6.07) is 3.79. The summed E-state index contributed by atoms with van der Waals surface area (Å²) < 4.78 is 11.1. The first-order valence-electron chi connectivity index (χ1n) is 9.13. The maximum atomic E-state index is 5.67. The van der Waals surface area contributed by atoms with Crippen molar-refractivity contribution in [3.63, 3.8) is 0 Å². The zero-order valence-electron chi connectivity index (χ0n) is 15.1. The van der Waals surface area contributed by atoms with E-state index in [2.05, 4.69) is 25.1 Å². The second kappa shape index (κ2) is 9.58. The molecule has 0 amide bonds. The molecule has 0 saturated carbocycles. The molecule has 2 fully saturated rings. The standard InChI is InChI=1S/C18H29N5O2/c1-19-18(21-6-10-25-17-3-2-5-20-13-17)23-7-4-16(15-23)14-22-8-11-24-12-9-22/h2-3,5,13,16H,4,6-12,14-15H2,1H3,(H,19,21). The molecule has 2 aliphatic heterocycles. The highest BCUT2D eigenvalue weighted by Gasteiger charge is 2.26. The van der Waals surface area contributed by atoms with Crippen LogP contribution in [0.15, 0.2) is 29.5 Å². The van der Waals surface area contributed by atoms with Crippen molar-refractivity contribution in [3.8, 4) is 5.75 Å². The fraction of sp³-hybridized carbons (Fsp3) is 0.667. The number of guanidine groups is 1. The van der Waals surface area contributed by atoms with E-state index in [-0.39, 0.29) is 0 Å². The molecule has 7 heteroatoms. The van der Waals surface area contributed by atoms with E-state index >= 15 is 0 Å². The van der Waals surface area contributed by atoms with Gasteiger partial charge >= 0.3 is 0 Å². The average molecular weight is 347 g/mol. The maximum Gasteiger partial charge on any atom is 0.193 e. The highest BCUT2D eigenvalue weighted by molar-refractivity contribution is 5.80. The van der Waals surface area contributed by atoms with Crippen LogP contribution in [-0.4, -0.2) is 86.9 Å². The number of aliphatic imine (C=N–C) groups is 1. The van der Waals surface area contributed by atoms with Crippen LogP contribution in [0.25, 0.3) is 0 Å². The molecular formula is C18H29N5O2. The van der Waals surface area contributed by atoms with Gasteiger partial charge in [-0.15, -0.1) is 0 Å². The van der Waals surface area contributed by atoms with Gasteiger partial charge in [-0.2, -0.15) is 0 Å². The first-order valence-corrected chi connectivity index (χ1v) is 9.13. The van der Waals surface area contributed by atoms with Crippen molar-refractivity contribution < 1.29 is 9.47 Å². The Hall–Kier alpha value is -1.86. The van der Waals surface area contributed by atoms with Crippen LogP contribution in [0.1, 0.15) is 6.42 Å². The zero-order valence-corrected chi connectivity index (χ0v) is 15.1. The molecule has 25 heavy (non-hydrogen) atoms. The number of likely N-dealkylation sites (tertiary alicyclic amines) is 1. The lowest BCUT2D eigenvalue weighted by Crippen LogP contribution is -2.43. The van der Waals surface area contributed by atoms with Gasteiger partial charge in [-0.25, -0.2) is 0 Å². The van der Waals surface area contributed by atoms with Crippen molar-refractivity contribution in [1.82, 2.24) is 20.1 Å². The fourth-order valence-corrected chi connectivity index (χ4v) is 3.42. The third-order valence-electron chi connectivity index (χ3n) is 4.71. The highest BCUT2D eigenvalue weighted by Crippen LogP contribution is 2.18. The number of rotatable bonds is 6. The van der Waals surface area contributed by atoms with E-state index in [1.807, 2.05) is 19.2 Å². The Morgan fingerprint density at radius 3 is 3.04 bits per heavy atom. The molecule has 2 saturated heterocycles. The molecule has 0 radical (unpaired) electrons. The highest BCUT2D eigenvalue weighted by atomic mass is 16.5. The molecule has 138 valence electrons. The van der Waals surface area contributed by atoms with Gasteiger partial charge in [0.2, 0.25) is 0 Å². The van der Waals surface area contributed by atoms with E-state index < -0.39 is 0 Å². The van der Waals surface area contributed by atoms with Crippen LogP contribution in [0.4, 0.5) is 0 Å². The van der Waals surface area contributed by atoms with Crippen molar-refractivity contribution in [2.24, 2.45) is 10.9 Å². The molecule has 1 atom stereocenters. The molecule has 1 aromatic rings. The molecular weight excluding hydrogens is 318 g/mol. The minimum atomic E-state index is 0.593. The molecule has 7 nitrogen and oxygen atoms in total. The largest absolute Gasteiger partial charge is 0.490 e. The van der Waals surface area contributed by atoms with Gasteiger partial charge in [0.05, 0.1) is 26.0 Å². The number of pyridine rings is 1. The van der Waals surface area contributed by atoms with Gasteiger partial charge in [0.15, 0.2) is 5.96 Å². The van der Waals surface area contributed by atoms with E-state index in [1.54, 1.807) is 12.4 Å². The van der Waals surface area contributed by atoms with E-state index in [0.29, 0.717) is 12.5 Å². The number of morpholine rings is 1. The van der Waals surface area contributed by atoms with Gasteiger partial charge in [-0.05, 0) is 24.5 Å². The van der Waals surface area contributed by atoms with Crippen molar-refractivity contribution in [2.75, 3.05) is 66.1 Å². The lowest BCUT2D eigenvalue weighted by molar-refractivity contribution is 0.0315. The smallest absolute Gasteiger partial charge is 0.193 e. The molecule has 0 aliphatic carbocycles. The topological polar surface area (TPSA) is 62.2 Å². The molecule has 1 unspecified atom stereocenters. The lowest BCUT2D eigenvalue weighted by atomic mass is 10.1. The van der Waals surface area contributed by atoms with Crippen LogP contribution in [-0.2, 0) is 4.74 Å². The Kier molecular flexibility index (Phi) is 6.88. The second-order valence-electron chi connectivity index (χ2n) is 6.52. The fourth-order valence-electron chi connectivity index (χ4n) is 3.42. The quantitative estimate of drug-likeness (QED) is 0.464. The van der Waals surface area contributed by atoms with Crippen LogP contribution in [0.2, 0.25) is 0 Å². The van der Waals surface area contributed by atoms with E-state index in [0.717, 1.165) is 57.6 Å². The van der Waals surface area contributed by atoms with Gasteiger partial charge in [0.1, 0.15) is 12.4 Å². The summed E-state index contributed by atoms with van der Waals surface area (Å²) in [5, 5.41) is 3.40. The summed E-state index contributed by atoms with van der Waals surface area (Å²) in [7, 11) is 1.85. The summed E-state index contributed by atoms with van der Waals surface area (Å²) in [5.74, 6) is 2.48. The van der Waals surface area contributed by atoms with Crippen LogP contribution >= 0.6 is 0 Å². The Morgan fingerprint density at radius 2 is 2.28 bits per heavy atom. The number of nitrogens with zero attached hydrogens (tertiary/aromatic N) is 4. The Morgan fingerprint density at radius 1 is 1.40 bits per heavy atom. The summed E-state index contributed by atoms with van der Waals surface area (Å²) >= 11 is 0. The summed E-state index contributed by atoms with van der Waals surface area (Å²) in [6.45, 7) is 8.50. The predicted molar refractivity (Wildman–Crippen MR) is 98.0 cm³/mol. The normalized spacial score (nSPS) is 22.2. The molecule has 1 N–H and O–H groups in total. The SMILES string of the molecule is CN=C(NCCOc1cccnc1)N1CCC(CN2CCOCC2)C1. The molecule has 3 heterocycles. The number of hydrogen-bond donors (Lipinski definition) is 1. The van der Waals surface area contributed by atoms with E-state index in [1.165, 1.54) is 13.0 Å². The van der Waals surface area contributed by atoms with Crippen LogP contribution in [0, 0.1) is 5.92 Å². The first-order chi connectivity index (χ1) is 12.3. The lowest BCUT2D eigenvalue weighted by Gasteiger charge is -2.29. The summed E-state index contributed by atoms with van der Waals surface area (Å²) in [5.41, 5.74) is 0. The molecule has 0 aromatic carbocycles. The number of hydrogen-bond acceptors (Lipinski definition) is 5.